The van der Waals surface area contributed by atoms with E-state index in [2.05, 4.69) is 10.0 Å². The van der Waals surface area contributed by atoms with Crippen LogP contribution < -0.4 is 10.0 Å². The van der Waals surface area contributed by atoms with Gasteiger partial charge in [-0.05, 0) is 24.5 Å². The zero-order valence-electron chi connectivity index (χ0n) is 14.6. The van der Waals surface area contributed by atoms with Crippen LogP contribution in [0.2, 0.25) is 0 Å². The van der Waals surface area contributed by atoms with Crippen LogP contribution in [0.3, 0.4) is 0 Å². The Kier molecular flexibility index (Phi) is 6.06. The van der Waals surface area contributed by atoms with Crippen molar-refractivity contribution in [2.75, 3.05) is 13.1 Å². The summed E-state index contributed by atoms with van der Waals surface area (Å²) in [6.07, 6.45) is 4.06. The number of nitrogens with one attached hydrogen (secondary N) is 2. The van der Waals surface area contributed by atoms with Crippen LogP contribution in [0.25, 0.3) is 11.1 Å². The molecule has 2 aromatic rings. The molecule has 0 spiro atoms. The number of hydrogen-bond donors (Lipinski definition) is 2. The second-order valence-electron chi connectivity index (χ2n) is 6.53. The molecule has 0 atom stereocenters. The van der Waals surface area contributed by atoms with Crippen molar-refractivity contribution in [2.45, 2.75) is 30.6 Å². The number of hydrogen-bond acceptors (Lipinski definition) is 3. The van der Waals surface area contributed by atoms with Gasteiger partial charge in [-0.25, -0.2) is 13.1 Å². The lowest BCUT2D eigenvalue weighted by molar-refractivity contribution is -0.124. The van der Waals surface area contributed by atoms with Gasteiger partial charge in [0, 0.05) is 24.6 Å². The molecule has 3 rings (SSSR count). The number of rotatable bonds is 7. The first-order valence-corrected chi connectivity index (χ1v) is 10.5. The van der Waals surface area contributed by atoms with Crippen molar-refractivity contribution in [3.05, 3.63) is 54.6 Å². The van der Waals surface area contributed by atoms with Crippen molar-refractivity contribution in [3.63, 3.8) is 0 Å². The van der Waals surface area contributed by atoms with Gasteiger partial charge in [0.15, 0.2) is 0 Å². The largest absolute Gasteiger partial charge is 0.355 e. The SMILES string of the molecule is O=C(NCCNS(=O)(=O)c1ccccc1-c1ccccc1)C1CCCC1. The van der Waals surface area contributed by atoms with Gasteiger partial charge < -0.3 is 5.32 Å². The van der Waals surface area contributed by atoms with Gasteiger partial charge in [-0.2, -0.15) is 0 Å². The predicted octanol–water partition coefficient (Wildman–Crippen LogP) is 2.94. The Morgan fingerprint density at radius 2 is 1.58 bits per heavy atom. The molecule has 1 amide bonds. The Labute approximate surface area is 154 Å². The van der Waals surface area contributed by atoms with Crippen LogP contribution in [-0.2, 0) is 14.8 Å². The Morgan fingerprint density at radius 3 is 2.31 bits per heavy atom. The highest BCUT2D eigenvalue weighted by molar-refractivity contribution is 7.89. The summed E-state index contributed by atoms with van der Waals surface area (Å²) >= 11 is 0. The highest BCUT2D eigenvalue weighted by Crippen LogP contribution is 2.27. The normalized spacial score (nSPS) is 15.1. The smallest absolute Gasteiger partial charge is 0.241 e. The molecule has 1 saturated carbocycles. The number of carbonyl (C=O) groups is 1. The number of benzene rings is 2. The molecule has 1 aliphatic carbocycles. The van der Waals surface area contributed by atoms with Crippen molar-refractivity contribution >= 4 is 15.9 Å². The van der Waals surface area contributed by atoms with Gasteiger partial charge >= 0.3 is 0 Å². The summed E-state index contributed by atoms with van der Waals surface area (Å²) in [6.45, 7) is 0.464. The van der Waals surface area contributed by atoms with Gasteiger partial charge in [0.1, 0.15) is 0 Å². The van der Waals surface area contributed by atoms with Gasteiger partial charge in [0.25, 0.3) is 0 Å². The van der Waals surface area contributed by atoms with E-state index in [1.54, 1.807) is 18.2 Å². The quantitative estimate of drug-likeness (QED) is 0.734. The van der Waals surface area contributed by atoms with Gasteiger partial charge in [0.05, 0.1) is 4.90 Å². The maximum atomic E-state index is 12.7. The van der Waals surface area contributed by atoms with Crippen LogP contribution in [0.4, 0.5) is 0 Å². The molecule has 0 bridgehead atoms. The van der Waals surface area contributed by atoms with Crippen molar-refractivity contribution in [2.24, 2.45) is 5.92 Å². The maximum Gasteiger partial charge on any atom is 0.241 e. The van der Waals surface area contributed by atoms with Gasteiger partial charge in [0.2, 0.25) is 15.9 Å². The van der Waals surface area contributed by atoms with Crippen LogP contribution in [0.15, 0.2) is 59.5 Å². The first-order chi connectivity index (χ1) is 12.6. The maximum absolute atomic E-state index is 12.7. The monoisotopic (exact) mass is 372 g/mol. The summed E-state index contributed by atoms with van der Waals surface area (Å²) in [6, 6.07) is 16.4. The number of carbonyl (C=O) groups excluding carboxylic acids is 1. The summed E-state index contributed by atoms with van der Waals surface area (Å²) in [7, 11) is -3.66. The molecule has 0 heterocycles. The molecule has 0 unspecified atom stereocenters. The highest BCUT2D eigenvalue weighted by Gasteiger charge is 2.22. The van der Waals surface area contributed by atoms with Crippen molar-refractivity contribution in [1.29, 1.82) is 0 Å². The fraction of sp³-hybridized carbons (Fsp3) is 0.350. The molecule has 0 aromatic heterocycles. The number of amides is 1. The van der Waals surface area contributed by atoms with E-state index in [0.717, 1.165) is 31.2 Å². The minimum Gasteiger partial charge on any atom is -0.355 e. The van der Waals surface area contributed by atoms with Crippen LogP contribution >= 0.6 is 0 Å². The summed E-state index contributed by atoms with van der Waals surface area (Å²) in [5.41, 5.74) is 1.51. The molecule has 2 N–H and O–H groups in total. The first kappa shape index (κ1) is 18.6. The Morgan fingerprint density at radius 1 is 0.923 bits per heavy atom. The van der Waals surface area contributed by atoms with Crippen LogP contribution in [0.1, 0.15) is 25.7 Å². The van der Waals surface area contributed by atoms with E-state index in [4.69, 9.17) is 0 Å². The predicted molar refractivity (Wildman–Crippen MR) is 102 cm³/mol. The van der Waals surface area contributed by atoms with Crippen molar-refractivity contribution in [3.8, 4) is 11.1 Å². The van der Waals surface area contributed by atoms with Gasteiger partial charge in [-0.15, -0.1) is 0 Å². The molecule has 2 aromatic carbocycles. The average molecular weight is 372 g/mol. The van der Waals surface area contributed by atoms with Crippen molar-refractivity contribution < 1.29 is 13.2 Å². The van der Waals surface area contributed by atoms with E-state index in [-0.39, 0.29) is 23.3 Å². The fourth-order valence-corrected chi connectivity index (χ4v) is 4.60. The minimum atomic E-state index is -3.66. The third-order valence-corrected chi connectivity index (χ3v) is 6.22. The summed E-state index contributed by atoms with van der Waals surface area (Å²) in [5.74, 6) is 0.122. The second-order valence-corrected chi connectivity index (χ2v) is 8.27. The third kappa shape index (κ3) is 4.51. The molecule has 138 valence electrons. The molecule has 1 fully saturated rings. The zero-order chi connectivity index (χ0) is 18.4. The average Bonchev–Trinajstić information content (AvgIpc) is 3.21. The molecular weight excluding hydrogens is 348 g/mol. The molecule has 0 aliphatic heterocycles. The third-order valence-electron chi connectivity index (χ3n) is 4.70. The standard InChI is InChI=1S/C20H24N2O3S/c23-20(17-10-4-5-11-17)21-14-15-22-26(24,25)19-13-7-6-12-18(19)16-8-2-1-3-9-16/h1-3,6-9,12-13,17,22H,4-5,10-11,14-15H2,(H,21,23). The van der Waals surface area contributed by atoms with E-state index >= 15 is 0 Å². The lowest BCUT2D eigenvalue weighted by Crippen LogP contribution is -2.37. The molecule has 0 saturated heterocycles. The molecule has 5 nitrogen and oxygen atoms in total. The first-order valence-electron chi connectivity index (χ1n) is 9.00. The summed E-state index contributed by atoms with van der Waals surface area (Å²) < 4.78 is 28.0. The van der Waals surface area contributed by atoms with Crippen LogP contribution in [0, 0.1) is 5.92 Å². The van der Waals surface area contributed by atoms with Gasteiger partial charge in [-0.1, -0.05) is 61.4 Å². The topological polar surface area (TPSA) is 75.3 Å². The molecule has 0 radical (unpaired) electrons. The highest BCUT2D eigenvalue weighted by atomic mass is 32.2. The Hall–Kier alpha value is -2.18. The van der Waals surface area contributed by atoms with E-state index in [0.29, 0.717) is 12.1 Å². The summed E-state index contributed by atoms with van der Waals surface area (Å²) in [4.78, 5) is 12.2. The van der Waals surface area contributed by atoms with Gasteiger partial charge in [-0.3, -0.25) is 4.79 Å². The molecule has 1 aliphatic rings. The van der Waals surface area contributed by atoms with Crippen molar-refractivity contribution in [1.82, 2.24) is 10.0 Å². The lowest BCUT2D eigenvalue weighted by atomic mass is 10.1. The Balaban J connectivity index is 1.63. The number of sulfonamides is 1. The second kappa shape index (κ2) is 8.47. The molecule has 6 heteroatoms. The van der Waals surface area contributed by atoms with E-state index in [1.165, 1.54) is 0 Å². The minimum absolute atomic E-state index is 0.0337. The Bertz CT molecular complexity index is 844. The zero-order valence-corrected chi connectivity index (χ0v) is 15.5. The molecular formula is C20H24N2O3S. The van der Waals surface area contributed by atoms with E-state index in [9.17, 15) is 13.2 Å². The summed E-state index contributed by atoms with van der Waals surface area (Å²) in [5, 5.41) is 2.83. The van der Waals surface area contributed by atoms with Crippen LogP contribution in [0.5, 0.6) is 0 Å². The van der Waals surface area contributed by atoms with E-state index in [1.807, 2.05) is 36.4 Å². The fourth-order valence-electron chi connectivity index (χ4n) is 3.34. The lowest BCUT2D eigenvalue weighted by Gasteiger charge is -2.13. The van der Waals surface area contributed by atoms with Crippen LogP contribution in [-0.4, -0.2) is 27.4 Å². The van der Waals surface area contributed by atoms with E-state index < -0.39 is 10.0 Å². The molecule has 26 heavy (non-hydrogen) atoms.